The van der Waals surface area contributed by atoms with E-state index in [9.17, 15) is 9.59 Å². The molecule has 3 rings (SSSR count). The molecule has 0 radical (unpaired) electrons. The number of Topliss-reactive ketones (excluding diaryl/α,β-unsaturated/α-hetero) is 1. The second kappa shape index (κ2) is 9.96. The number of anilines is 1. The lowest BCUT2D eigenvalue weighted by atomic mass is 10.0. The fourth-order valence-electron chi connectivity index (χ4n) is 3.15. The molecule has 3 aromatic rings. The Labute approximate surface area is 193 Å². The number of aryl methyl sites for hydroxylation is 5. The van der Waals surface area contributed by atoms with Crippen molar-refractivity contribution in [1.82, 2.24) is 14.8 Å². The normalized spacial score (nSPS) is 12.2. The van der Waals surface area contributed by atoms with Crippen LogP contribution in [0.25, 0.3) is 6.20 Å². The van der Waals surface area contributed by atoms with Gasteiger partial charge in [0.2, 0.25) is 6.41 Å². The molecule has 1 unspecified atom stereocenters. The molecule has 1 atom stereocenters. The van der Waals surface area contributed by atoms with E-state index >= 15 is 0 Å². The molecule has 6 nitrogen and oxygen atoms in total. The molecule has 0 saturated heterocycles. The Bertz CT molecular complexity index is 1180. The molecule has 7 heteroatoms. The Morgan fingerprint density at radius 1 is 0.969 bits per heavy atom. The number of benzene rings is 2. The van der Waals surface area contributed by atoms with Crippen LogP contribution in [0.3, 0.4) is 0 Å². The van der Waals surface area contributed by atoms with E-state index in [-0.39, 0.29) is 11.0 Å². The van der Waals surface area contributed by atoms with Gasteiger partial charge in [0.15, 0.2) is 10.9 Å². The third-order valence-corrected chi connectivity index (χ3v) is 6.61. The van der Waals surface area contributed by atoms with Gasteiger partial charge in [-0.05, 0) is 82.0 Å². The lowest BCUT2D eigenvalue weighted by Gasteiger charge is -2.15. The van der Waals surface area contributed by atoms with E-state index in [2.05, 4.69) is 10.2 Å². The highest BCUT2D eigenvalue weighted by Crippen LogP contribution is 2.26. The zero-order valence-electron chi connectivity index (χ0n) is 19.3. The molecular formula is C25H28N4O2S. The number of aromatic nitrogens is 3. The van der Waals surface area contributed by atoms with E-state index in [1.54, 1.807) is 17.0 Å². The molecule has 1 heterocycles. The fourth-order valence-corrected chi connectivity index (χ4v) is 4.10. The van der Waals surface area contributed by atoms with E-state index in [0.717, 1.165) is 28.8 Å². The number of hydrogen-bond donors (Lipinski definition) is 0. The average Bonchev–Trinajstić information content (AvgIpc) is 3.11. The summed E-state index contributed by atoms with van der Waals surface area (Å²) in [6.07, 6.45) is 4.18. The largest absolute Gasteiger partial charge is 0.293 e. The minimum Gasteiger partial charge on any atom is -0.293 e. The number of amides is 1. The molecule has 166 valence electrons. The first-order chi connectivity index (χ1) is 15.2. The Kier molecular flexibility index (Phi) is 7.30. The predicted molar refractivity (Wildman–Crippen MR) is 130 cm³/mol. The van der Waals surface area contributed by atoms with Gasteiger partial charge >= 0.3 is 0 Å². The maximum absolute atomic E-state index is 12.9. The summed E-state index contributed by atoms with van der Waals surface area (Å²) in [5.41, 5.74) is 5.99. The molecule has 0 N–H and O–H groups in total. The van der Waals surface area contributed by atoms with Crippen LogP contribution >= 0.6 is 11.8 Å². The molecule has 2 aromatic carbocycles. The number of carbonyl (C=O) groups is 2. The Balaban J connectivity index is 1.80. The number of ketones is 1. The van der Waals surface area contributed by atoms with Crippen molar-refractivity contribution in [2.45, 2.75) is 51.9 Å². The quantitative estimate of drug-likeness (QED) is 0.267. The Hall–Kier alpha value is -3.19. The lowest BCUT2D eigenvalue weighted by Crippen LogP contribution is -2.15. The lowest BCUT2D eigenvalue weighted by molar-refractivity contribution is -0.106. The van der Waals surface area contributed by atoms with Gasteiger partial charge in [0.05, 0.1) is 5.25 Å². The monoisotopic (exact) mass is 448 g/mol. The molecule has 0 aliphatic carbocycles. The van der Waals surface area contributed by atoms with Crippen molar-refractivity contribution in [1.29, 1.82) is 0 Å². The van der Waals surface area contributed by atoms with Crippen LogP contribution in [-0.4, -0.2) is 32.2 Å². The molecule has 1 amide bonds. The number of carbonyl (C=O) groups excluding carboxylic acids is 2. The van der Waals surface area contributed by atoms with E-state index in [0.29, 0.717) is 16.5 Å². The molecular weight excluding hydrogens is 420 g/mol. The number of nitrogens with zero attached hydrogens (tertiary/aromatic N) is 4. The zero-order valence-corrected chi connectivity index (χ0v) is 20.1. The third kappa shape index (κ3) is 5.16. The SMILES string of the molecule is Cc1ccc(C(=O)C(C)Sc2nnc(C)n2/C=C\N(C=O)c2ccc(C)c(C)c2)cc1C. The van der Waals surface area contributed by atoms with Gasteiger partial charge in [0.25, 0.3) is 0 Å². The van der Waals surface area contributed by atoms with Crippen molar-refractivity contribution >= 4 is 35.8 Å². The summed E-state index contributed by atoms with van der Waals surface area (Å²) >= 11 is 1.35. The third-order valence-electron chi connectivity index (χ3n) is 5.56. The van der Waals surface area contributed by atoms with E-state index in [1.807, 2.05) is 77.9 Å². The van der Waals surface area contributed by atoms with E-state index in [1.165, 1.54) is 22.2 Å². The average molecular weight is 449 g/mol. The van der Waals surface area contributed by atoms with Crippen molar-refractivity contribution in [3.63, 3.8) is 0 Å². The first-order valence-electron chi connectivity index (χ1n) is 10.4. The highest BCUT2D eigenvalue weighted by Gasteiger charge is 2.20. The van der Waals surface area contributed by atoms with Gasteiger partial charge in [-0.2, -0.15) is 0 Å². The van der Waals surface area contributed by atoms with Gasteiger partial charge < -0.3 is 0 Å². The summed E-state index contributed by atoms with van der Waals surface area (Å²) in [4.78, 5) is 26.1. The van der Waals surface area contributed by atoms with Crippen LogP contribution in [0.4, 0.5) is 5.69 Å². The molecule has 0 aliphatic rings. The summed E-state index contributed by atoms with van der Waals surface area (Å²) in [7, 11) is 0. The topological polar surface area (TPSA) is 68.1 Å². The van der Waals surface area contributed by atoms with Gasteiger partial charge in [-0.1, -0.05) is 30.0 Å². The van der Waals surface area contributed by atoms with Crippen molar-refractivity contribution in [2.75, 3.05) is 4.90 Å². The van der Waals surface area contributed by atoms with Gasteiger partial charge in [-0.15, -0.1) is 10.2 Å². The van der Waals surface area contributed by atoms with E-state index < -0.39 is 0 Å². The highest BCUT2D eigenvalue weighted by atomic mass is 32.2. The van der Waals surface area contributed by atoms with Gasteiger partial charge in [0, 0.05) is 23.7 Å². The van der Waals surface area contributed by atoms with Crippen LogP contribution < -0.4 is 4.90 Å². The van der Waals surface area contributed by atoms with Crippen LogP contribution in [0, 0.1) is 34.6 Å². The first kappa shape index (κ1) is 23.5. The summed E-state index contributed by atoms with van der Waals surface area (Å²) in [6.45, 7) is 11.8. The van der Waals surface area contributed by atoms with Gasteiger partial charge in [0.1, 0.15) is 5.82 Å². The highest BCUT2D eigenvalue weighted by molar-refractivity contribution is 8.00. The first-order valence-corrected chi connectivity index (χ1v) is 11.3. The maximum atomic E-state index is 12.9. The second-order valence-corrected chi connectivity index (χ2v) is 9.21. The summed E-state index contributed by atoms with van der Waals surface area (Å²) < 4.78 is 1.78. The number of hydrogen-bond acceptors (Lipinski definition) is 5. The molecule has 0 spiro atoms. The Morgan fingerprint density at radius 3 is 2.25 bits per heavy atom. The summed E-state index contributed by atoms with van der Waals surface area (Å²) in [5, 5.41) is 8.64. The van der Waals surface area contributed by atoms with Crippen molar-refractivity contribution < 1.29 is 9.59 Å². The molecule has 0 bridgehead atoms. The molecule has 32 heavy (non-hydrogen) atoms. The number of thioether (sulfide) groups is 1. The predicted octanol–water partition coefficient (Wildman–Crippen LogP) is 5.27. The summed E-state index contributed by atoms with van der Waals surface area (Å²) in [5.74, 6) is 0.708. The fraction of sp³-hybridized carbons (Fsp3) is 0.280. The van der Waals surface area contributed by atoms with Crippen LogP contribution in [0.15, 0.2) is 47.8 Å². The minimum absolute atomic E-state index is 0.0407. The van der Waals surface area contributed by atoms with Crippen LogP contribution in [0.5, 0.6) is 0 Å². The van der Waals surface area contributed by atoms with E-state index in [4.69, 9.17) is 0 Å². The van der Waals surface area contributed by atoms with Crippen molar-refractivity contribution in [3.8, 4) is 0 Å². The van der Waals surface area contributed by atoms with Crippen molar-refractivity contribution in [3.05, 3.63) is 76.2 Å². The molecule has 0 fully saturated rings. The van der Waals surface area contributed by atoms with Crippen LogP contribution in [0.1, 0.15) is 45.4 Å². The Morgan fingerprint density at radius 2 is 1.62 bits per heavy atom. The van der Waals surface area contributed by atoms with Gasteiger partial charge in [-0.25, -0.2) is 0 Å². The van der Waals surface area contributed by atoms with Gasteiger partial charge in [-0.3, -0.25) is 19.1 Å². The zero-order chi connectivity index (χ0) is 23.4. The minimum atomic E-state index is -0.338. The standard InChI is InChI=1S/C25H28N4O2S/c1-16-7-9-22(13-18(16)3)24(31)20(5)32-25-27-26-21(6)29(25)12-11-28(15-30)23-10-8-17(2)19(4)14-23/h7-15,20H,1-6H3/b12-11-. The molecule has 0 aliphatic heterocycles. The second-order valence-electron chi connectivity index (χ2n) is 7.90. The smallest absolute Gasteiger partial charge is 0.218 e. The van der Waals surface area contributed by atoms with Crippen LogP contribution in [0.2, 0.25) is 0 Å². The van der Waals surface area contributed by atoms with Crippen LogP contribution in [-0.2, 0) is 4.79 Å². The molecule has 1 aromatic heterocycles. The number of rotatable bonds is 8. The summed E-state index contributed by atoms with van der Waals surface area (Å²) in [6, 6.07) is 11.6. The van der Waals surface area contributed by atoms with Crippen molar-refractivity contribution in [2.24, 2.45) is 0 Å². The molecule has 0 saturated carbocycles. The maximum Gasteiger partial charge on any atom is 0.218 e.